The molecule has 0 saturated heterocycles. The maximum absolute atomic E-state index is 13.5. The van der Waals surface area contributed by atoms with E-state index >= 15 is 0 Å². The first-order valence-electron chi connectivity index (χ1n) is 11.1. The molecule has 5 rings (SSSR count). The number of fused-ring (bicyclic) bond motifs is 3. The smallest absolute Gasteiger partial charge is 0.357 e. The summed E-state index contributed by atoms with van der Waals surface area (Å²) in [5, 5.41) is 1.82. The van der Waals surface area contributed by atoms with E-state index in [0.29, 0.717) is 18.0 Å². The molecule has 0 fully saturated rings. The van der Waals surface area contributed by atoms with Crippen molar-refractivity contribution in [2.24, 2.45) is 0 Å². The molecule has 5 aromatic rings. The number of methoxy groups -OCH3 is 1. The largest absolute Gasteiger partial charge is 0.479 e. The summed E-state index contributed by atoms with van der Waals surface area (Å²) in [5.41, 5.74) is 4.42. The van der Waals surface area contributed by atoms with Crippen LogP contribution in [-0.4, -0.2) is 29.2 Å². The second kappa shape index (κ2) is 8.98. The number of pyridine rings is 1. The summed E-state index contributed by atoms with van der Waals surface area (Å²) in [6, 6.07) is 24.1. The Bertz CT molecular complexity index is 1490. The summed E-state index contributed by atoms with van der Waals surface area (Å²) in [5.74, 6) is -0.455. The minimum atomic E-state index is -0.503. The molecule has 170 valence electrons. The number of rotatable bonds is 6. The van der Waals surface area contributed by atoms with E-state index in [2.05, 4.69) is 9.55 Å². The van der Waals surface area contributed by atoms with Crippen LogP contribution in [0.2, 0.25) is 0 Å². The lowest BCUT2D eigenvalue weighted by atomic mass is 9.98. The summed E-state index contributed by atoms with van der Waals surface area (Å²) in [6.07, 6.45) is 0. The number of nitrogens with zero attached hydrogens (tertiary/aromatic N) is 2. The Morgan fingerprint density at radius 3 is 2.38 bits per heavy atom. The number of hydrogen-bond donors (Lipinski definition) is 0. The minimum Gasteiger partial charge on any atom is -0.479 e. The van der Waals surface area contributed by atoms with E-state index in [-0.39, 0.29) is 18.1 Å². The molecule has 6 heteroatoms. The van der Waals surface area contributed by atoms with Gasteiger partial charge < -0.3 is 14.0 Å². The SMILES string of the molecule is CCOC(=O)c1nc(OC)c2c(c1-c1ccccc1)c1ccccc1n2Cc1ccc(F)cc1. The number of hydrogen-bond acceptors (Lipinski definition) is 4. The molecule has 5 nitrogen and oxygen atoms in total. The standard InChI is InChI=1S/C28H23FN2O3/c1-3-34-28(32)25-23(19-9-5-4-6-10-19)24-21-11-7-8-12-22(21)31(26(24)27(30-25)33-2)17-18-13-15-20(29)16-14-18/h4-16H,3,17H2,1-2H3. The van der Waals surface area contributed by atoms with Crippen LogP contribution in [0.1, 0.15) is 23.0 Å². The van der Waals surface area contributed by atoms with Crippen molar-refractivity contribution in [2.75, 3.05) is 13.7 Å². The van der Waals surface area contributed by atoms with Crippen molar-refractivity contribution in [3.8, 4) is 17.0 Å². The molecule has 3 aromatic carbocycles. The monoisotopic (exact) mass is 454 g/mol. The van der Waals surface area contributed by atoms with Crippen LogP contribution >= 0.6 is 0 Å². The van der Waals surface area contributed by atoms with Gasteiger partial charge in [0.1, 0.15) is 11.3 Å². The fourth-order valence-electron chi connectivity index (χ4n) is 4.42. The number of halogens is 1. The number of esters is 1. The van der Waals surface area contributed by atoms with Crippen LogP contribution in [0.3, 0.4) is 0 Å². The van der Waals surface area contributed by atoms with Crippen molar-refractivity contribution in [3.63, 3.8) is 0 Å². The van der Waals surface area contributed by atoms with Crippen molar-refractivity contribution < 1.29 is 18.7 Å². The van der Waals surface area contributed by atoms with Crippen molar-refractivity contribution in [3.05, 3.63) is 95.9 Å². The van der Waals surface area contributed by atoms with E-state index in [0.717, 1.165) is 32.9 Å². The van der Waals surface area contributed by atoms with E-state index in [9.17, 15) is 9.18 Å². The molecule has 2 heterocycles. The van der Waals surface area contributed by atoms with Gasteiger partial charge in [-0.15, -0.1) is 0 Å². The highest BCUT2D eigenvalue weighted by molar-refractivity contribution is 6.19. The van der Waals surface area contributed by atoms with Crippen molar-refractivity contribution in [1.29, 1.82) is 0 Å². The summed E-state index contributed by atoms with van der Waals surface area (Å²) >= 11 is 0. The molecular weight excluding hydrogens is 431 g/mol. The lowest BCUT2D eigenvalue weighted by Crippen LogP contribution is -2.11. The summed E-state index contributed by atoms with van der Waals surface area (Å²) in [4.78, 5) is 17.7. The van der Waals surface area contributed by atoms with Gasteiger partial charge in [0.2, 0.25) is 5.88 Å². The van der Waals surface area contributed by atoms with Gasteiger partial charge in [-0.25, -0.2) is 14.2 Å². The van der Waals surface area contributed by atoms with Gasteiger partial charge in [-0.2, -0.15) is 0 Å². The Kier molecular flexibility index (Phi) is 5.72. The number of carbonyl (C=O) groups is 1. The van der Waals surface area contributed by atoms with E-state index in [4.69, 9.17) is 9.47 Å². The van der Waals surface area contributed by atoms with Crippen molar-refractivity contribution in [1.82, 2.24) is 9.55 Å². The second-order valence-corrected chi connectivity index (χ2v) is 7.88. The Morgan fingerprint density at radius 2 is 1.68 bits per heavy atom. The highest BCUT2D eigenvalue weighted by Gasteiger charge is 2.27. The van der Waals surface area contributed by atoms with Crippen LogP contribution < -0.4 is 4.74 Å². The molecule has 0 aliphatic heterocycles. The van der Waals surface area contributed by atoms with Gasteiger partial charge in [0, 0.05) is 28.4 Å². The third kappa shape index (κ3) is 3.67. The molecule has 0 bridgehead atoms. The zero-order chi connectivity index (χ0) is 23.7. The summed E-state index contributed by atoms with van der Waals surface area (Å²) in [6.45, 7) is 2.49. The molecular formula is C28H23FN2O3. The van der Waals surface area contributed by atoms with Crippen molar-refractivity contribution >= 4 is 27.8 Å². The topological polar surface area (TPSA) is 53.4 Å². The lowest BCUT2D eigenvalue weighted by molar-refractivity contribution is 0.0520. The first-order valence-corrected chi connectivity index (χ1v) is 11.1. The molecule has 2 aromatic heterocycles. The quantitative estimate of drug-likeness (QED) is 0.286. The zero-order valence-corrected chi connectivity index (χ0v) is 18.9. The summed E-state index contributed by atoms with van der Waals surface area (Å²) < 4.78 is 26.7. The normalized spacial score (nSPS) is 11.1. The highest BCUT2D eigenvalue weighted by Crippen LogP contribution is 2.42. The molecule has 0 aliphatic carbocycles. The van der Waals surface area contributed by atoms with E-state index in [1.807, 2.05) is 54.6 Å². The molecule has 0 aliphatic rings. The predicted molar refractivity (Wildman–Crippen MR) is 131 cm³/mol. The molecule has 0 unspecified atom stereocenters. The summed E-state index contributed by atoms with van der Waals surface area (Å²) in [7, 11) is 1.54. The molecule has 0 N–H and O–H groups in total. The second-order valence-electron chi connectivity index (χ2n) is 7.88. The zero-order valence-electron chi connectivity index (χ0n) is 18.9. The maximum Gasteiger partial charge on any atom is 0.357 e. The van der Waals surface area contributed by atoms with Crippen LogP contribution in [0.4, 0.5) is 4.39 Å². The van der Waals surface area contributed by atoms with Gasteiger partial charge in [-0.05, 0) is 36.2 Å². The number of ether oxygens (including phenoxy) is 2. The Hall–Kier alpha value is -4.19. The predicted octanol–water partition coefficient (Wildman–Crippen LogP) is 6.23. The fraction of sp³-hybridized carbons (Fsp3) is 0.143. The van der Waals surface area contributed by atoms with Crippen LogP contribution in [0, 0.1) is 5.82 Å². The number of aromatic nitrogens is 2. The first-order chi connectivity index (χ1) is 16.6. The maximum atomic E-state index is 13.5. The average Bonchev–Trinajstić information content (AvgIpc) is 3.19. The van der Waals surface area contributed by atoms with Crippen LogP contribution in [0.25, 0.3) is 32.9 Å². The van der Waals surface area contributed by atoms with Gasteiger partial charge in [0.25, 0.3) is 0 Å². The molecule has 0 atom stereocenters. The number of carbonyl (C=O) groups excluding carboxylic acids is 1. The molecule has 0 spiro atoms. The van der Waals surface area contributed by atoms with Crippen LogP contribution in [0.15, 0.2) is 78.9 Å². The van der Waals surface area contributed by atoms with Crippen LogP contribution in [-0.2, 0) is 11.3 Å². The minimum absolute atomic E-state index is 0.210. The third-order valence-electron chi connectivity index (χ3n) is 5.85. The molecule has 34 heavy (non-hydrogen) atoms. The molecule has 0 radical (unpaired) electrons. The highest BCUT2D eigenvalue weighted by atomic mass is 19.1. The van der Waals surface area contributed by atoms with Gasteiger partial charge in [-0.3, -0.25) is 0 Å². The third-order valence-corrected chi connectivity index (χ3v) is 5.85. The van der Waals surface area contributed by atoms with Gasteiger partial charge in [0.15, 0.2) is 5.69 Å². The Labute approximate surface area is 196 Å². The van der Waals surface area contributed by atoms with Gasteiger partial charge >= 0.3 is 5.97 Å². The molecule has 0 saturated carbocycles. The first kappa shape index (κ1) is 21.6. The van der Waals surface area contributed by atoms with Crippen LogP contribution in [0.5, 0.6) is 5.88 Å². The number of benzene rings is 3. The van der Waals surface area contributed by atoms with Gasteiger partial charge in [-0.1, -0.05) is 60.7 Å². The Balaban J connectivity index is 1.91. The van der Waals surface area contributed by atoms with Gasteiger partial charge in [0.05, 0.1) is 13.7 Å². The van der Waals surface area contributed by atoms with E-state index in [1.165, 1.54) is 12.1 Å². The number of para-hydroxylation sites is 1. The van der Waals surface area contributed by atoms with E-state index < -0.39 is 5.97 Å². The lowest BCUT2D eigenvalue weighted by Gasteiger charge is -2.15. The fourth-order valence-corrected chi connectivity index (χ4v) is 4.42. The Morgan fingerprint density at radius 1 is 0.971 bits per heavy atom. The average molecular weight is 455 g/mol. The van der Waals surface area contributed by atoms with Crippen molar-refractivity contribution in [2.45, 2.75) is 13.5 Å². The molecule has 0 amide bonds. The van der Waals surface area contributed by atoms with E-state index in [1.54, 1.807) is 26.2 Å².